The molecule has 4 aliphatic rings. The number of benzene rings is 2. The van der Waals surface area contributed by atoms with Crippen molar-refractivity contribution in [2.24, 2.45) is 4.99 Å². The minimum Gasteiger partial charge on any atom is -0.454 e. The molecule has 40 heavy (non-hydrogen) atoms. The number of amidine groups is 1. The number of nitrogens with one attached hydrogen (secondary N) is 3. The van der Waals surface area contributed by atoms with E-state index in [1.54, 1.807) is 0 Å². The number of rotatable bonds is 4. The monoisotopic (exact) mass is 542 g/mol. The molecule has 210 valence electrons. The van der Waals surface area contributed by atoms with Crippen LogP contribution in [0.4, 0.5) is 0 Å². The number of hydrogen-bond donors (Lipinski definition) is 3. The Labute approximate surface area is 234 Å². The maximum absolute atomic E-state index is 13.9. The maximum Gasteiger partial charge on any atom is 0.331 e. The summed E-state index contributed by atoms with van der Waals surface area (Å²) in [4.78, 5) is 22.4. The molecule has 0 radical (unpaired) electrons. The van der Waals surface area contributed by atoms with E-state index in [1.807, 2.05) is 30.3 Å². The van der Waals surface area contributed by atoms with Gasteiger partial charge >= 0.3 is 5.97 Å². The van der Waals surface area contributed by atoms with Gasteiger partial charge in [0.1, 0.15) is 6.04 Å². The molecule has 2 saturated carbocycles. The second-order valence-electron chi connectivity index (χ2n) is 11.7. The molecule has 2 fully saturated rings. The zero-order chi connectivity index (χ0) is 26.9. The highest BCUT2D eigenvalue weighted by Gasteiger charge is 2.36. The van der Waals surface area contributed by atoms with Crippen LogP contribution in [-0.2, 0) is 16.0 Å². The lowest BCUT2D eigenvalue weighted by atomic mass is 9.90. The fourth-order valence-corrected chi connectivity index (χ4v) is 6.80. The van der Waals surface area contributed by atoms with Crippen LogP contribution in [0.2, 0.25) is 0 Å². The summed E-state index contributed by atoms with van der Waals surface area (Å²) in [5, 5.41) is 8.27. The summed E-state index contributed by atoms with van der Waals surface area (Å²) >= 11 is 0. The van der Waals surface area contributed by atoms with Gasteiger partial charge in [0, 0.05) is 29.1 Å². The molecule has 1 aromatic heterocycles. The van der Waals surface area contributed by atoms with E-state index in [0.29, 0.717) is 18.5 Å². The number of aliphatic imine (C=N–C) groups is 1. The van der Waals surface area contributed by atoms with Crippen molar-refractivity contribution in [3.05, 3.63) is 59.3 Å². The molecular weight excluding hydrogens is 504 g/mol. The Morgan fingerprint density at radius 1 is 0.925 bits per heavy atom. The number of aromatic amines is 1. The Hall–Kier alpha value is -3.52. The van der Waals surface area contributed by atoms with Crippen molar-refractivity contribution in [3.63, 3.8) is 0 Å². The highest BCUT2D eigenvalue weighted by molar-refractivity contribution is 5.92. The predicted octanol–water partition coefficient (Wildman–Crippen LogP) is 5.65. The van der Waals surface area contributed by atoms with Gasteiger partial charge in [0.15, 0.2) is 11.5 Å². The fraction of sp³-hybridized carbons (Fsp3) is 0.500. The molecule has 3 N–H and O–H groups in total. The van der Waals surface area contributed by atoms with Crippen LogP contribution in [0, 0.1) is 0 Å². The number of nitrogens with zero attached hydrogens (tertiary/aromatic N) is 1. The molecule has 3 aromatic rings. The fourth-order valence-electron chi connectivity index (χ4n) is 6.80. The van der Waals surface area contributed by atoms with E-state index in [1.165, 1.54) is 38.5 Å². The quantitative estimate of drug-likeness (QED) is 0.224. The van der Waals surface area contributed by atoms with Crippen molar-refractivity contribution in [2.75, 3.05) is 6.79 Å². The van der Waals surface area contributed by atoms with Crippen LogP contribution in [0.15, 0.2) is 47.5 Å². The van der Waals surface area contributed by atoms with Crippen molar-refractivity contribution in [1.82, 2.24) is 15.6 Å². The Morgan fingerprint density at radius 3 is 2.55 bits per heavy atom. The second kappa shape index (κ2) is 11.2. The summed E-state index contributed by atoms with van der Waals surface area (Å²) in [6, 6.07) is 14.4. The molecule has 8 nitrogen and oxygen atoms in total. The number of ether oxygens (including phenoxy) is 3. The third-order valence-corrected chi connectivity index (χ3v) is 8.93. The molecule has 0 saturated heterocycles. The lowest BCUT2D eigenvalue weighted by molar-refractivity contribution is -0.138. The van der Waals surface area contributed by atoms with Gasteiger partial charge in [-0.3, -0.25) is 5.32 Å². The van der Waals surface area contributed by atoms with E-state index in [2.05, 4.69) is 27.8 Å². The Morgan fingerprint density at radius 2 is 1.70 bits per heavy atom. The summed E-state index contributed by atoms with van der Waals surface area (Å²) in [5.41, 5.74) is 4.28. The van der Waals surface area contributed by atoms with Gasteiger partial charge < -0.3 is 24.5 Å². The number of carbonyl (C=O) groups is 1. The van der Waals surface area contributed by atoms with E-state index < -0.39 is 6.04 Å². The first-order valence-corrected chi connectivity index (χ1v) is 15.0. The van der Waals surface area contributed by atoms with Gasteiger partial charge in [0.25, 0.3) is 6.02 Å². The van der Waals surface area contributed by atoms with Gasteiger partial charge in [-0.05, 0) is 55.0 Å². The van der Waals surface area contributed by atoms with Gasteiger partial charge in [-0.1, -0.05) is 62.8 Å². The highest BCUT2D eigenvalue weighted by Crippen LogP contribution is 2.39. The molecule has 8 heteroatoms. The average Bonchev–Trinajstić information content (AvgIpc) is 3.62. The molecule has 2 aliphatic carbocycles. The molecule has 3 heterocycles. The molecule has 7 rings (SSSR count). The van der Waals surface area contributed by atoms with Crippen LogP contribution in [0.3, 0.4) is 0 Å². The summed E-state index contributed by atoms with van der Waals surface area (Å²) in [6.45, 7) is 0.223. The topological polar surface area (TPSA) is 97.0 Å². The summed E-state index contributed by atoms with van der Waals surface area (Å²) in [6.07, 6.45) is 12.1. The first-order valence-electron chi connectivity index (χ1n) is 15.0. The van der Waals surface area contributed by atoms with Crippen molar-refractivity contribution in [1.29, 1.82) is 0 Å². The molecule has 2 atom stereocenters. The van der Waals surface area contributed by atoms with Crippen LogP contribution < -0.4 is 20.1 Å². The van der Waals surface area contributed by atoms with Crippen molar-refractivity contribution < 1.29 is 19.0 Å². The zero-order valence-electron chi connectivity index (χ0n) is 22.9. The third kappa shape index (κ3) is 5.17. The van der Waals surface area contributed by atoms with Crippen molar-refractivity contribution in [3.8, 4) is 11.5 Å². The third-order valence-electron chi connectivity index (χ3n) is 8.93. The van der Waals surface area contributed by atoms with Gasteiger partial charge in [-0.2, -0.15) is 0 Å². The Bertz CT molecular complexity index is 1400. The zero-order valence-corrected chi connectivity index (χ0v) is 22.9. The molecule has 0 amide bonds. The molecule has 2 aliphatic heterocycles. The predicted molar refractivity (Wildman–Crippen MR) is 154 cm³/mol. The Balaban J connectivity index is 1.18. The smallest absolute Gasteiger partial charge is 0.331 e. The van der Waals surface area contributed by atoms with E-state index in [9.17, 15) is 4.79 Å². The van der Waals surface area contributed by atoms with Crippen LogP contribution in [0.5, 0.6) is 11.5 Å². The molecule has 2 aromatic carbocycles. The first kappa shape index (κ1) is 25.4. The van der Waals surface area contributed by atoms with Crippen molar-refractivity contribution >= 4 is 22.9 Å². The maximum atomic E-state index is 13.9. The molecule has 0 unspecified atom stereocenters. The first-order chi connectivity index (χ1) is 19.7. The minimum absolute atomic E-state index is 0.216. The van der Waals surface area contributed by atoms with E-state index in [-0.39, 0.29) is 24.8 Å². The normalized spacial score (nSPS) is 23.6. The van der Waals surface area contributed by atoms with Crippen LogP contribution >= 0.6 is 0 Å². The summed E-state index contributed by atoms with van der Waals surface area (Å²) < 4.78 is 17.4. The average molecular weight is 543 g/mol. The number of fused-ring (bicyclic) bond motifs is 4. The van der Waals surface area contributed by atoms with Crippen molar-refractivity contribution in [2.45, 2.75) is 94.8 Å². The molecule has 0 spiro atoms. The Kier molecular flexibility index (Phi) is 7.10. The lowest BCUT2D eigenvalue weighted by Crippen LogP contribution is -2.48. The number of para-hydroxylation sites is 1. The van der Waals surface area contributed by atoms with E-state index in [0.717, 1.165) is 64.9 Å². The number of H-pyrrole nitrogens is 1. The number of hydrogen-bond acceptors (Lipinski definition) is 6. The van der Waals surface area contributed by atoms with Gasteiger partial charge in [-0.15, -0.1) is 0 Å². The second-order valence-corrected chi connectivity index (χ2v) is 11.7. The van der Waals surface area contributed by atoms with Crippen LogP contribution in [0.1, 0.15) is 87.1 Å². The van der Waals surface area contributed by atoms with Crippen LogP contribution in [-0.4, -0.2) is 41.9 Å². The number of esters is 1. The number of carbonyl (C=O) groups excluding carboxylic acids is 1. The minimum atomic E-state index is -0.521. The van der Waals surface area contributed by atoms with Crippen LogP contribution in [0.25, 0.3) is 10.9 Å². The van der Waals surface area contributed by atoms with Gasteiger partial charge in [0.2, 0.25) is 6.79 Å². The van der Waals surface area contributed by atoms with E-state index >= 15 is 0 Å². The molecular formula is C32H38N4O4. The van der Waals surface area contributed by atoms with E-state index in [4.69, 9.17) is 19.2 Å². The largest absolute Gasteiger partial charge is 0.454 e. The molecule has 0 bridgehead atoms. The van der Waals surface area contributed by atoms with Gasteiger partial charge in [0.05, 0.1) is 12.1 Å². The summed E-state index contributed by atoms with van der Waals surface area (Å²) in [5.74, 6) is 1.17. The lowest BCUT2D eigenvalue weighted by Gasteiger charge is -2.31. The highest BCUT2D eigenvalue weighted by atomic mass is 16.7. The number of aromatic nitrogens is 1. The standard InChI is InChI=1S/C32H38N4O4/c37-31(40-32(33-21-9-3-1-4-10-21)34-22-11-5-2-6-12-22)26-18-24-23-13-7-8-14-25(23)35-30(24)29(36-26)20-15-16-27-28(17-20)39-19-38-27/h7-8,13-17,21-22,26,29,35-36H,1-6,9-12,18-19H2,(H,33,34)/t26-,29-/m1/s1. The SMILES string of the molecule is O=C(O/C(=N/C1CCCCC1)NC1CCCCC1)[C@H]1Cc2c([nH]c3ccccc23)[C@@H](c2ccc3c(c2)OCO3)N1. The summed E-state index contributed by atoms with van der Waals surface area (Å²) in [7, 11) is 0. The van der Waals surface area contributed by atoms with Gasteiger partial charge in [-0.25, -0.2) is 9.79 Å².